The molecule has 6 nitrogen and oxygen atoms in total. The van der Waals surface area contributed by atoms with Gasteiger partial charge in [0.05, 0.1) is 25.4 Å². The second kappa shape index (κ2) is 9.90. The lowest BCUT2D eigenvalue weighted by Crippen LogP contribution is -2.50. The topological polar surface area (TPSA) is 60.0 Å². The van der Waals surface area contributed by atoms with Gasteiger partial charge >= 0.3 is 6.09 Å². The van der Waals surface area contributed by atoms with Gasteiger partial charge in [-0.3, -0.25) is 0 Å². The summed E-state index contributed by atoms with van der Waals surface area (Å²) < 4.78 is 16.7. The molecule has 1 saturated carbocycles. The summed E-state index contributed by atoms with van der Waals surface area (Å²) in [7, 11) is 1.79. The molecule has 1 heterocycles. The Labute approximate surface area is 155 Å². The van der Waals surface area contributed by atoms with Crippen molar-refractivity contribution in [3.8, 4) is 0 Å². The maximum absolute atomic E-state index is 12.3. The summed E-state index contributed by atoms with van der Waals surface area (Å²) in [5, 5.41) is 3.59. The third-order valence-electron chi connectivity index (χ3n) is 5.24. The number of nitrogens with zero attached hydrogens (tertiary/aromatic N) is 1. The highest BCUT2D eigenvalue weighted by atomic mass is 16.6. The molecule has 1 N–H and O–H groups in total. The van der Waals surface area contributed by atoms with E-state index >= 15 is 0 Å². The molecule has 1 unspecified atom stereocenters. The van der Waals surface area contributed by atoms with Gasteiger partial charge in [0.1, 0.15) is 6.61 Å². The van der Waals surface area contributed by atoms with Gasteiger partial charge in [-0.1, -0.05) is 30.3 Å². The van der Waals surface area contributed by atoms with Crippen molar-refractivity contribution in [1.82, 2.24) is 10.2 Å². The molecular weight excluding hydrogens is 332 g/mol. The molecule has 3 rings (SSSR count). The Morgan fingerprint density at radius 3 is 2.73 bits per heavy atom. The quantitative estimate of drug-likeness (QED) is 0.843. The predicted molar refractivity (Wildman–Crippen MR) is 99.0 cm³/mol. The molecule has 6 heteroatoms. The first-order valence-electron chi connectivity index (χ1n) is 9.58. The summed E-state index contributed by atoms with van der Waals surface area (Å²) in [6.07, 6.45) is 4.65. The van der Waals surface area contributed by atoms with Crippen LogP contribution in [0, 0.1) is 0 Å². The van der Waals surface area contributed by atoms with Crippen LogP contribution in [0.4, 0.5) is 4.79 Å². The van der Waals surface area contributed by atoms with Crippen LogP contribution in [0.1, 0.15) is 31.2 Å². The van der Waals surface area contributed by atoms with Gasteiger partial charge in [-0.2, -0.15) is 0 Å². The highest BCUT2D eigenvalue weighted by Gasteiger charge is 2.27. The molecule has 26 heavy (non-hydrogen) atoms. The monoisotopic (exact) mass is 362 g/mol. The Morgan fingerprint density at radius 2 is 2.00 bits per heavy atom. The molecule has 144 valence electrons. The van der Waals surface area contributed by atoms with Gasteiger partial charge in [-0.15, -0.1) is 0 Å². The highest BCUT2D eigenvalue weighted by molar-refractivity contribution is 5.67. The normalized spacial score (nSPS) is 26.5. The number of benzene rings is 1. The van der Waals surface area contributed by atoms with Crippen LogP contribution in [0.5, 0.6) is 0 Å². The Balaban J connectivity index is 1.37. The summed E-state index contributed by atoms with van der Waals surface area (Å²) in [4.78, 5) is 14.1. The summed E-state index contributed by atoms with van der Waals surface area (Å²) in [5.41, 5.74) is 0.999. The van der Waals surface area contributed by atoms with Crippen LogP contribution in [0.3, 0.4) is 0 Å². The number of nitrogens with one attached hydrogen (secondary N) is 1. The fourth-order valence-electron chi connectivity index (χ4n) is 3.62. The lowest BCUT2D eigenvalue weighted by molar-refractivity contribution is -0.0291. The zero-order chi connectivity index (χ0) is 18.2. The fourth-order valence-corrected chi connectivity index (χ4v) is 3.62. The molecule has 0 spiro atoms. The molecule has 1 aliphatic carbocycles. The van der Waals surface area contributed by atoms with E-state index in [9.17, 15) is 4.79 Å². The van der Waals surface area contributed by atoms with E-state index in [0.717, 1.165) is 37.8 Å². The van der Waals surface area contributed by atoms with E-state index < -0.39 is 0 Å². The molecule has 1 aromatic rings. The number of morpholine rings is 1. The van der Waals surface area contributed by atoms with Gasteiger partial charge < -0.3 is 24.4 Å². The number of carbonyl (C=O) groups is 1. The van der Waals surface area contributed by atoms with Crippen LogP contribution in [-0.2, 0) is 20.8 Å². The van der Waals surface area contributed by atoms with Gasteiger partial charge in [-0.25, -0.2) is 4.79 Å². The van der Waals surface area contributed by atoms with E-state index in [4.69, 9.17) is 14.2 Å². The Hall–Kier alpha value is -1.63. The van der Waals surface area contributed by atoms with Crippen LogP contribution in [0.2, 0.25) is 0 Å². The highest BCUT2D eigenvalue weighted by Crippen LogP contribution is 2.20. The van der Waals surface area contributed by atoms with Gasteiger partial charge in [0.25, 0.3) is 0 Å². The lowest BCUT2D eigenvalue weighted by Gasteiger charge is -2.34. The smallest absolute Gasteiger partial charge is 0.410 e. The molecule has 0 bridgehead atoms. The second-order valence-electron chi connectivity index (χ2n) is 7.10. The van der Waals surface area contributed by atoms with Crippen LogP contribution in [0.25, 0.3) is 0 Å². The first kappa shape index (κ1) is 19.1. The minimum absolute atomic E-state index is 0.0215. The van der Waals surface area contributed by atoms with Gasteiger partial charge in [0.15, 0.2) is 0 Å². The lowest BCUT2D eigenvalue weighted by atomic mass is 9.93. The van der Waals surface area contributed by atoms with Crippen molar-refractivity contribution < 1.29 is 19.0 Å². The first-order valence-corrected chi connectivity index (χ1v) is 9.58. The molecule has 2 aliphatic rings. The Bertz CT molecular complexity index is 546. The van der Waals surface area contributed by atoms with E-state index in [1.807, 2.05) is 30.3 Å². The number of hydrogen-bond acceptors (Lipinski definition) is 5. The third kappa shape index (κ3) is 5.69. The van der Waals surface area contributed by atoms with Crippen molar-refractivity contribution in [3.05, 3.63) is 35.9 Å². The molecule has 2 fully saturated rings. The standard InChI is InChI=1S/C20H30N2O4/c1-24-18-9-7-17(8-10-18)21-13-19-14-22(11-12-25-19)20(23)26-15-16-5-3-2-4-6-16/h2-6,17-19,21H,7-15H2,1H3. The largest absolute Gasteiger partial charge is 0.445 e. The predicted octanol–water partition coefficient (Wildman–Crippen LogP) is 2.57. The van der Waals surface area contributed by atoms with Gasteiger partial charge in [0, 0.05) is 26.2 Å². The number of methoxy groups -OCH3 is 1. The number of amides is 1. The number of hydrogen-bond donors (Lipinski definition) is 1. The number of ether oxygens (including phenoxy) is 3. The second-order valence-corrected chi connectivity index (χ2v) is 7.10. The molecule has 1 aromatic carbocycles. The summed E-state index contributed by atoms with van der Waals surface area (Å²) in [6.45, 7) is 2.80. The van der Waals surface area contributed by atoms with Crippen LogP contribution >= 0.6 is 0 Å². The minimum atomic E-state index is -0.261. The van der Waals surface area contributed by atoms with Gasteiger partial charge in [0.2, 0.25) is 0 Å². The van der Waals surface area contributed by atoms with Crippen molar-refractivity contribution in [3.63, 3.8) is 0 Å². The average Bonchev–Trinajstić information content (AvgIpc) is 2.72. The maximum atomic E-state index is 12.3. The fraction of sp³-hybridized carbons (Fsp3) is 0.650. The molecule has 1 amide bonds. The third-order valence-corrected chi connectivity index (χ3v) is 5.24. The SMILES string of the molecule is COC1CCC(NCC2CN(C(=O)OCc3ccccc3)CCO2)CC1. The van der Waals surface area contributed by atoms with Crippen molar-refractivity contribution in [2.24, 2.45) is 0 Å². The summed E-state index contributed by atoms with van der Waals surface area (Å²) in [5.74, 6) is 0. The van der Waals surface area contributed by atoms with E-state index in [2.05, 4.69) is 5.32 Å². The van der Waals surface area contributed by atoms with Crippen molar-refractivity contribution in [1.29, 1.82) is 0 Å². The van der Waals surface area contributed by atoms with E-state index in [0.29, 0.717) is 38.4 Å². The summed E-state index contributed by atoms with van der Waals surface area (Å²) in [6, 6.07) is 10.3. The Kier molecular flexibility index (Phi) is 7.29. The number of carbonyl (C=O) groups excluding carboxylic acids is 1. The molecule has 1 saturated heterocycles. The van der Waals surface area contributed by atoms with Crippen molar-refractivity contribution in [2.75, 3.05) is 33.4 Å². The van der Waals surface area contributed by atoms with E-state index in [-0.39, 0.29) is 12.2 Å². The molecule has 1 aliphatic heterocycles. The van der Waals surface area contributed by atoms with E-state index in [1.54, 1.807) is 12.0 Å². The van der Waals surface area contributed by atoms with Crippen LogP contribution in [-0.4, -0.2) is 62.6 Å². The Morgan fingerprint density at radius 1 is 1.23 bits per heavy atom. The first-order chi connectivity index (χ1) is 12.7. The van der Waals surface area contributed by atoms with Crippen molar-refractivity contribution >= 4 is 6.09 Å². The molecule has 0 radical (unpaired) electrons. The molecular formula is C20H30N2O4. The average molecular weight is 362 g/mol. The van der Waals surface area contributed by atoms with Crippen LogP contribution < -0.4 is 5.32 Å². The van der Waals surface area contributed by atoms with Crippen molar-refractivity contribution in [2.45, 2.75) is 50.5 Å². The number of rotatable bonds is 6. The molecule has 0 aromatic heterocycles. The molecule has 1 atom stereocenters. The summed E-state index contributed by atoms with van der Waals surface area (Å²) >= 11 is 0. The van der Waals surface area contributed by atoms with Gasteiger partial charge in [-0.05, 0) is 31.2 Å². The maximum Gasteiger partial charge on any atom is 0.410 e. The zero-order valence-electron chi connectivity index (χ0n) is 15.6. The minimum Gasteiger partial charge on any atom is -0.445 e. The zero-order valence-corrected chi connectivity index (χ0v) is 15.6. The van der Waals surface area contributed by atoms with E-state index in [1.165, 1.54) is 0 Å². The van der Waals surface area contributed by atoms with Crippen LogP contribution in [0.15, 0.2) is 30.3 Å².